The fourth-order valence-electron chi connectivity index (χ4n) is 2.62. The molecule has 0 atom stereocenters. The molecule has 3 rings (SSSR count). The molecule has 150 valence electrons. The average molecular weight is 428 g/mol. The third-order valence-electron chi connectivity index (χ3n) is 4.02. The van der Waals surface area contributed by atoms with E-state index in [9.17, 15) is 4.79 Å². The Bertz CT molecular complexity index is 925. The first kappa shape index (κ1) is 21.0. The van der Waals surface area contributed by atoms with Gasteiger partial charge in [-0.3, -0.25) is 9.69 Å². The molecule has 1 saturated heterocycles. The molecule has 29 heavy (non-hydrogen) atoms. The van der Waals surface area contributed by atoms with Crippen LogP contribution in [0.1, 0.15) is 5.56 Å². The first-order valence-corrected chi connectivity index (χ1v) is 10.2. The number of thiocarbonyl (C=S) groups is 1. The van der Waals surface area contributed by atoms with E-state index >= 15 is 0 Å². The van der Waals surface area contributed by atoms with Crippen LogP contribution in [0.4, 0.5) is 0 Å². The van der Waals surface area contributed by atoms with Crippen LogP contribution in [0.3, 0.4) is 0 Å². The lowest BCUT2D eigenvalue weighted by Gasteiger charge is -2.10. The molecular formula is C22H21NO4S2. The number of amides is 1. The quantitative estimate of drug-likeness (QED) is 0.253. The molecule has 0 radical (unpaired) electrons. The van der Waals surface area contributed by atoms with Crippen LogP contribution in [-0.2, 0) is 4.79 Å². The molecule has 1 aliphatic rings. The molecule has 0 spiro atoms. The number of benzene rings is 2. The Kier molecular flexibility index (Phi) is 7.32. The molecule has 1 aliphatic heterocycles. The Hall–Kier alpha value is -2.77. The van der Waals surface area contributed by atoms with Crippen LogP contribution in [0.15, 0.2) is 66.1 Å². The molecule has 5 nitrogen and oxygen atoms in total. The van der Waals surface area contributed by atoms with Gasteiger partial charge in [-0.2, -0.15) is 0 Å². The summed E-state index contributed by atoms with van der Waals surface area (Å²) in [6.45, 7) is 4.89. The molecule has 1 heterocycles. The molecule has 0 saturated carbocycles. The Morgan fingerprint density at radius 3 is 2.45 bits per heavy atom. The van der Waals surface area contributed by atoms with Gasteiger partial charge in [0.25, 0.3) is 5.91 Å². The maximum Gasteiger partial charge on any atom is 0.266 e. The zero-order valence-corrected chi connectivity index (χ0v) is 17.6. The standard InChI is InChI=1S/C22H21NO4S2/c1-3-11-23-21(24)20(29-22(23)28)15-16-5-4-6-19(14-16)27-13-12-26-18-9-7-17(25-2)8-10-18/h3-10,14-15H,1,11-13H2,2H3. The maximum atomic E-state index is 12.4. The minimum Gasteiger partial charge on any atom is -0.497 e. The van der Waals surface area contributed by atoms with Crippen molar-refractivity contribution in [1.82, 2.24) is 4.90 Å². The van der Waals surface area contributed by atoms with E-state index in [-0.39, 0.29) is 5.91 Å². The number of hydrogen-bond acceptors (Lipinski definition) is 6. The summed E-state index contributed by atoms with van der Waals surface area (Å²) in [5, 5.41) is 0. The van der Waals surface area contributed by atoms with Crippen molar-refractivity contribution < 1.29 is 19.0 Å². The molecule has 0 unspecified atom stereocenters. The van der Waals surface area contributed by atoms with Gasteiger partial charge in [0, 0.05) is 6.54 Å². The lowest BCUT2D eigenvalue weighted by atomic mass is 10.2. The molecule has 2 aromatic carbocycles. The van der Waals surface area contributed by atoms with Gasteiger partial charge in [-0.25, -0.2) is 0 Å². The number of hydrogen-bond donors (Lipinski definition) is 0. The third kappa shape index (κ3) is 5.62. The van der Waals surface area contributed by atoms with Crippen molar-refractivity contribution in [3.05, 3.63) is 71.7 Å². The SMILES string of the molecule is C=CCN1C(=O)C(=Cc2cccc(OCCOc3ccc(OC)cc3)c2)SC1=S. The van der Waals surface area contributed by atoms with Crippen molar-refractivity contribution in [2.45, 2.75) is 0 Å². The van der Waals surface area contributed by atoms with Crippen molar-refractivity contribution in [2.75, 3.05) is 26.9 Å². The van der Waals surface area contributed by atoms with Crippen LogP contribution in [0.25, 0.3) is 6.08 Å². The lowest BCUT2D eigenvalue weighted by Crippen LogP contribution is -2.27. The van der Waals surface area contributed by atoms with Gasteiger partial charge in [-0.1, -0.05) is 42.2 Å². The van der Waals surface area contributed by atoms with Crippen LogP contribution < -0.4 is 14.2 Å². The van der Waals surface area contributed by atoms with Crippen molar-refractivity contribution in [3.8, 4) is 17.2 Å². The minimum atomic E-state index is -0.0980. The summed E-state index contributed by atoms with van der Waals surface area (Å²) in [5.41, 5.74) is 0.873. The Morgan fingerprint density at radius 2 is 1.76 bits per heavy atom. The summed E-state index contributed by atoms with van der Waals surface area (Å²) in [5.74, 6) is 2.15. The van der Waals surface area contributed by atoms with Crippen molar-refractivity contribution >= 4 is 40.3 Å². The molecule has 2 aromatic rings. The topological polar surface area (TPSA) is 48.0 Å². The van der Waals surface area contributed by atoms with E-state index in [1.165, 1.54) is 16.7 Å². The highest BCUT2D eigenvalue weighted by atomic mass is 32.2. The minimum absolute atomic E-state index is 0.0980. The predicted molar refractivity (Wildman–Crippen MR) is 121 cm³/mol. The van der Waals surface area contributed by atoms with Crippen LogP contribution in [0.2, 0.25) is 0 Å². The normalized spacial score (nSPS) is 14.9. The number of ether oxygens (including phenoxy) is 3. The van der Waals surface area contributed by atoms with E-state index in [1.54, 1.807) is 13.2 Å². The van der Waals surface area contributed by atoms with Crippen LogP contribution in [0.5, 0.6) is 17.2 Å². The first-order chi connectivity index (χ1) is 14.1. The molecule has 7 heteroatoms. The van der Waals surface area contributed by atoms with Crippen LogP contribution in [0, 0.1) is 0 Å². The van der Waals surface area contributed by atoms with Gasteiger partial charge in [0.1, 0.15) is 34.8 Å². The summed E-state index contributed by atoms with van der Waals surface area (Å²) in [6.07, 6.45) is 3.49. The summed E-state index contributed by atoms with van der Waals surface area (Å²) in [7, 11) is 1.63. The fourth-order valence-corrected chi connectivity index (χ4v) is 3.90. The van der Waals surface area contributed by atoms with Gasteiger partial charge in [0.05, 0.1) is 12.0 Å². The molecule has 1 fully saturated rings. The fraction of sp³-hybridized carbons (Fsp3) is 0.182. The second kappa shape index (κ2) is 10.1. The summed E-state index contributed by atoms with van der Waals surface area (Å²) < 4.78 is 17.1. The van der Waals surface area contributed by atoms with E-state index in [0.29, 0.717) is 34.7 Å². The largest absolute Gasteiger partial charge is 0.497 e. The lowest BCUT2D eigenvalue weighted by molar-refractivity contribution is -0.121. The van der Waals surface area contributed by atoms with E-state index in [2.05, 4.69) is 6.58 Å². The number of thioether (sulfide) groups is 1. The Morgan fingerprint density at radius 1 is 1.07 bits per heavy atom. The average Bonchev–Trinajstić information content (AvgIpc) is 2.99. The maximum absolute atomic E-state index is 12.4. The van der Waals surface area contributed by atoms with Gasteiger partial charge < -0.3 is 14.2 Å². The van der Waals surface area contributed by atoms with E-state index < -0.39 is 0 Å². The summed E-state index contributed by atoms with van der Waals surface area (Å²) in [4.78, 5) is 14.6. The van der Waals surface area contributed by atoms with Gasteiger partial charge in [-0.05, 0) is 48.0 Å². The number of nitrogens with zero attached hydrogens (tertiary/aromatic N) is 1. The monoisotopic (exact) mass is 427 g/mol. The van der Waals surface area contributed by atoms with Crippen molar-refractivity contribution in [3.63, 3.8) is 0 Å². The Labute approximate surface area is 179 Å². The second-order valence-corrected chi connectivity index (χ2v) is 7.70. The number of methoxy groups -OCH3 is 1. The molecule has 0 aromatic heterocycles. The number of carbonyl (C=O) groups is 1. The molecule has 0 aliphatic carbocycles. The number of carbonyl (C=O) groups excluding carboxylic acids is 1. The molecule has 0 N–H and O–H groups in total. The summed E-state index contributed by atoms with van der Waals surface area (Å²) in [6, 6.07) is 14.9. The highest BCUT2D eigenvalue weighted by Crippen LogP contribution is 2.32. The van der Waals surface area contributed by atoms with Crippen molar-refractivity contribution in [2.24, 2.45) is 0 Å². The van der Waals surface area contributed by atoms with Crippen molar-refractivity contribution in [1.29, 1.82) is 0 Å². The highest BCUT2D eigenvalue weighted by molar-refractivity contribution is 8.26. The predicted octanol–water partition coefficient (Wildman–Crippen LogP) is 4.54. The molecular weight excluding hydrogens is 406 g/mol. The van der Waals surface area contributed by atoms with E-state index in [1.807, 2.05) is 54.6 Å². The second-order valence-electron chi connectivity index (χ2n) is 6.03. The highest BCUT2D eigenvalue weighted by Gasteiger charge is 2.30. The van der Waals surface area contributed by atoms with Gasteiger partial charge in [0.2, 0.25) is 0 Å². The van der Waals surface area contributed by atoms with E-state index in [4.69, 9.17) is 26.4 Å². The third-order valence-corrected chi connectivity index (χ3v) is 5.40. The van der Waals surface area contributed by atoms with E-state index in [0.717, 1.165) is 17.1 Å². The Balaban J connectivity index is 1.55. The first-order valence-electron chi connectivity index (χ1n) is 8.96. The smallest absolute Gasteiger partial charge is 0.266 e. The van der Waals surface area contributed by atoms with Gasteiger partial charge in [-0.15, -0.1) is 6.58 Å². The molecule has 1 amide bonds. The molecule has 0 bridgehead atoms. The zero-order valence-electron chi connectivity index (χ0n) is 16.0. The zero-order chi connectivity index (χ0) is 20.6. The van der Waals surface area contributed by atoms with Crippen LogP contribution in [-0.4, -0.2) is 42.0 Å². The number of rotatable bonds is 9. The summed E-state index contributed by atoms with van der Waals surface area (Å²) >= 11 is 6.56. The van der Waals surface area contributed by atoms with Gasteiger partial charge in [0.15, 0.2) is 0 Å². The van der Waals surface area contributed by atoms with Crippen LogP contribution >= 0.6 is 24.0 Å². The van der Waals surface area contributed by atoms with Gasteiger partial charge >= 0.3 is 0 Å².